The largest absolute Gasteiger partial charge is 0.467 e. The molecule has 3 N–H and O–H groups in total. The van der Waals surface area contributed by atoms with E-state index in [0.29, 0.717) is 45.4 Å². The molecule has 0 unspecified atom stereocenters. The molecule has 26 heavy (non-hydrogen) atoms. The fraction of sp³-hybridized carbons (Fsp3) is 0.647. The van der Waals surface area contributed by atoms with Crippen LogP contribution in [0.3, 0.4) is 0 Å². The lowest BCUT2D eigenvalue weighted by Gasteiger charge is -2.31. The van der Waals surface area contributed by atoms with Crippen molar-refractivity contribution in [3.05, 3.63) is 24.2 Å². The Bertz CT molecular complexity index is 531. The molecule has 148 valence electrons. The minimum Gasteiger partial charge on any atom is -0.467 e. The monoisotopic (exact) mass is 480 g/mol. The molecule has 1 aromatic rings. The number of hydrogen-bond acceptors (Lipinski definition) is 5. The number of ether oxygens (including phenoxy) is 2. The second kappa shape index (κ2) is 12.8. The van der Waals surface area contributed by atoms with Crippen molar-refractivity contribution in [3.63, 3.8) is 0 Å². The number of likely N-dealkylation sites (tertiary alicyclic amines) is 1. The average Bonchev–Trinajstić information content (AvgIpc) is 3.12. The molecule has 0 spiro atoms. The SMILES string of the molecule is CCOC(=O)N1CCC(NC(N)=NCCCOCc2ccco2)CC1.I. The maximum atomic E-state index is 11.6. The van der Waals surface area contributed by atoms with E-state index < -0.39 is 0 Å². The van der Waals surface area contributed by atoms with Crippen LogP contribution in [-0.2, 0) is 16.1 Å². The highest BCUT2D eigenvalue weighted by Gasteiger charge is 2.23. The van der Waals surface area contributed by atoms with Crippen LogP contribution in [0.5, 0.6) is 0 Å². The molecule has 1 aliphatic rings. The number of nitrogens with one attached hydrogen (secondary N) is 1. The van der Waals surface area contributed by atoms with Gasteiger partial charge in [-0.3, -0.25) is 4.99 Å². The number of carbonyl (C=O) groups excluding carboxylic acids is 1. The number of furan rings is 1. The number of amides is 1. The molecule has 0 atom stereocenters. The van der Waals surface area contributed by atoms with Crippen molar-refractivity contribution in [2.45, 2.75) is 38.8 Å². The number of halogens is 1. The third-order valence-electron chi connectivity index (χ3n) is 3.93. The first kappa shape index (κ1) is 22.6. The second-order valence-electron chi connectivity index (χ2n) is 5.86. The number of rotatable bonds is 8. The molecular formula is C17H29IN4O4. The molecule has 1 fully saturated rings. The first-order chi connectivity index (χ1) is 12.2. The first-order valence-electron chi connectivity index (χ1n) is 8.77. The molecule has 2 heterocycles. The van der Waals surface area contributed by atoms with Gasteiger partial charge in [0.25, 0.3) is 0 Å². The number of aliphatic imine (C=N–C) groups is 1. The van der Waals surface area contributed by atoms with Crippen LogP contribution in [0.1, 0.15) is 31.9 Å². The van der Waals surface area contributed by atoms with Crippen LogP contribution >= 0.6 is 24.0 Å². The third-order valence-corrected chi connectivity index (χ3v) is 3.93. The Hall–Kier alpha value is -1.49. The van der Waals surface area contributed by atoms with E-state index in [1.807, 2.05) is 19.1 Å². The second-order valence-corrected chi connectivity index (χ2v) is 5.86. The Morgan fingerprint density at radius 1 is 1.46 bits per heavy atom. The zero-order chi connectivity index (χ0) is 17.9. The maximum absolute atomic E-state index is 11.6. The summed E-state index contributed by atoms with van der Waals surface area (Å²) in [7, 11) is 0. The summed E-state index contributed by atoms with van der Waals surface area (Å²) in [6, 6.07) is 3.96. The molecule has 9 heteroatoms. The van der Waals surface area contributed by atoms with Crippen LogP contribution in [0.25, 0.3) is 0 Å². The van der Waals surface area contributed by atoms with E-state index in [2.05, 4.69) is 10.3 Å². The summed E-state index contributed by atoms with van der Waals surface area (Å²) in [4.78, 5) is 17.7. The van der Waals surface area contributed by atoms with E-state index in [1.54, 1.807) is 11.2 Å². The van der Waals surface area contributed by atoms with Crippen molar-refractivity contribution >= 4 is 36.0 Å². The van der Waals surface area contributed by atoms with E-state index in [9.17, 15) is 4.79 Å². The summed E-state index contributed by atoms with van der Waals surface area (Å²) in [6.45, 7) is 5.25. The number of nitrogens with zero attached hydrogens (tertiary/aromatic N) is 2. The molecule has 0 bridgehead atoms. The van der Waals surface area contributed by atoms with Crippen LogP contribution in [0, 0.1) is 0 Å². The standard InChI is InChI=1S/C17H28N4O4.HI/c1-2-24-17(22)21-9-6-14(7-10-21)20-16(18)19-8-4-11-23-13-15-5-3-12-25-15;/h3,5,12,14H,2,4,6-11,13H2,1H3,(H3,18,19,20);1H. The number of piperidine rings is 1. The van der Waals surface area contributed by atoms with Gasteiger partial charge in [0.15, 0.2) is 5.96 Å². The Morgan fingerprint density at radius 2 is 2.23 bits per heavy atom. The molecule has 0 aliphatic carbocycles. The van der Waals surface area contributed by atoms with Crippen molar-refractivity contribution in [1.29, 1.82) is 0 Å². The van der Waals surface area contributed by atoms with E-state index in [-0.39, 0.29) is 36.1 Å². The van der Waals surface area contributed by atoms with Crippen LogP contribution < -0.4 is 11.1 Å². The van der Waals surface area contributed by atoms with Gasteiger partial charge in [-0.25, -0.2) is 4.79 Å². The quantitative estimate of drug-likeness (QED) is 0.256. The molecule has 0 radical (unpaired) electrons. The van der Waals surface area contributed by atoms with Crippen molar-refractivity contribution < 1.29 is 18.7 Å². The lowest BCUT2D eigenvalue weighted by atomic mass is 10.1. The van der Waals surface area contributed by atoms with Crippen molar-refractivity contribution in [2.75, 3.05) is 32.8 Å². The fourth-order valence-corrected chi connectivity index (χ4v) is 2.61. The van der Waals surface area contributed by atoms with Crippen LogP contribution in [0.4, 0.5) is 4.79 Å². The molecule has 1 amide bonds. The number of guanidine groups is 1. The van der Waals surface area contributed by atoms with Gasteiger partial charge in [0.2, 0.25) is 0 Å². The molecule has 2 rings (SSSR count). The zero-order valence-corrected chi connectivity index (χ0v) is 17.5. The van der Waals surface area contributed by atoms with E-state index in [4.69, 9.17) is 19.6 Å². The van der Waals surface area contributed by atoms with Gasteiger partial charge in [0, 0.05) is 32.3 Å². The Kier molecular flexibility index (Phi) is 11.1. The van der Waals surface area contributed by atoms with Gasteiger partial charge in [0.1, 0.15) is 12.4 Å². The molecule has 0 saturated carbocycles. The van der Waals surface area contributed by atoms with Gasteiger partial charge in [0.05, 0.1) is 12.9 Å². The van der Waals surface area contributed by atoms with Crippen molar-refractivity contribution in [2.24, 2.45) is 10.7 Å². The molecule has 1 aromatic heterocycles. The predicted molar refractivity (Wildman–Crippen MR) is 110 cm³/mol. The van der Waals surface area contributed by atoms with Gasteiger partial charge in [-0.2, -0.15) is 0 Å². The Morgan fingerprint density at radius 3 is 2.88 bits per heavy atom. The number of carbonyl (C=O) groups is 1. The maximum Gasteiger partial charge on any atom is 0.409 e. The van der Waals surface area contributed by atoms with Gasteiger partial charge < -0.3 is 29.8 Å². The minimum atomic E-state index is -0.239. The summed E-state index contributed by atoms with van der Waals surface area (Å²) in [5.74, 6) is 1.26. The fourth-order valence-electron chi connectivity index (χ4n) is 2.61. The lowest BCUT2D eigenvalue weighted by Crippen LogP contribution is -2.48. The van der Waals surface area contributed by atoms with E-state index in [0.717, 1.165) is 25.0 Å². The zero-order valence-electron chi connectivity index (χ0n) is 15.2. The number of nitrogens with two attached hydrogens (primary N) is 1. The summed E-state index contributed by atoms with van der Waals surface area (Å²) in [6.07, 6.45) is 3.86. The lowest BCUT2D eigenvalue weighted by molar-refractivity contribution is 0.0963. The summed E-state index contributed by atoms with van der Waals surface area (Å²) in [5, 5.41) is 3.22. The van der Waals surface area contributed by atoms with Gasteiger partial charge in [-0.05, 0) is 38.3 Å². The summed E-state index contributed by atoms with van der Waals surface area (Å²) in [5.41, 5.74) is 5.92. The highest BCUT2D eigenvalue weighted by molar-refractivity contribution is 14.0. The Labute approximate surface area is 171 Å². The van der Waals surface area contributed by atoms with Crippen molar-refractivity contribution in [1.82, 2.24) is 10.2 Å². The van der Waals surface area contributed by atoms with Crippen molar-refractivity contribution in [3.8, 4) is 0 Å². The predicted octanol–water partition coefficient (Wildman–Crippen LogP) is 2.33. The normalized spacial score (nSPS) is 15.4. The van der Waals surface area contributed by atoms with Gasteiger partial charge in [-0.15, -0.1) is 24.0 Å². The topological polar surface area (TPSA) is 102 Å². The van der Waals surface area contributed by atoms with E-state index in [1.165, 1.54) is 0 Å². The highest BCUT2D eigenvalue weighted by Crippen LogP contribution is 2.11. The molecule has 1 saturated heterocycles. The van der Waals surface area contributed by atoms with Crippen LogP contribution in [0.15, 0.2) is 27.8 Å². The Balaban J connectivity index is 0.00000338. The highest BCUT2D eigenvalue weighted by atomic mass is 127. The average molecular weight is 480 g/mol. The molecule has 0 aromatic carbocycles. The molecular weight excluding hydrogens is 451 g/mol. The minimum absolute atomic E-state index is 0. The summed E-state index contributed by atoms with van der Waals surface area (Å²) >= 11 is 0. The van der Waals surface area contributed by atoms with Crippen LogP contribution in [0.2, 0.25) is 0 Å². The molecule has 8 nitrogen and oxygen atoms in total. The third kappa shape index (κ3) is 8.26. The van der Waals surface area contributed by atoms with Crippen LogP contribution in [-0.4, -0.2) is 55.8 Å². The molecule has 1 aliphatic heterocycles. The van der Waals surface area contributed by atoms with Gasteiger partial charge in [-0.1, -0.05) is 0 Å². The smallest absolute Gasteiger partial charge is 0.409 e. The van der Waals surface area contributed by atoms with E-state index >= 15 is 0 Å². The first-order valence-corrected chi connectivity index (χ1v) is 8.77. The van der Waals surface area contributed by atoms with Gasteiger partial charge >= 0.3 is 6.09 Å². The number of hydrogen-bond donors (Lipinski definition) is 2. The summed E-state index contributed by atoms with van der Waals surface area (Å²) < 4.78 is 15.7.